The number of hydrogen-bond donors (Lipinski definition) is 1. The van der Waals surface area contributed by atoms with Gasteiger partial charge in [-0.1, -0.05) is 35.5 Å². The Balaban J connectivity index is 1.50. The van der Waals surface area contributed by atoms with E-state index in [1.54, 1.807) is 6.20 Å². The zero-order valence-electron chi connectivity index (χ0n) is 12.3. The van der Waals surface area contributed by atoms with Crippen molar-refractivity contribution in [2.45, 2.75) is 12.8 Å². The van der Waals surface area contributed by atoms with E-state index in [9.17, 15) is 4.79 Å². The van der Waals surface area contributed by atoms with Crippen molar-refractivity contribution in [1.29, 1.82) is 0 Å². The van der Waals surface area contributed by atoms with Gasteiger partial charge in [0.05, 0.1) is 6.20 Å². The first-order chi connectivity index (χ1) is 11.3. The van der Waals surface area contributed by atoms with Gasteiger partial charge < -0.3 is 9.84 Å². The third-order valence-electron chi connectivity index (χ3n) is 3.18. The van der Waals surface area contributed by atoms with Crippen molar-refractivity contribution in [3.8, 4) is 11.5 Å². The van der Waals surface area contributed by atoms with E-state index in [1.807, 2.05) is 18.2 Å². The van der Waals surface area contributed by atoms with Crippen molar-refractivity contribution >= 4 is 5.91 Å². The fourth-order valence-electron chi connectivity index (χ4n) is 2.05. The van der Waals surface area contributed by atoms with Gasteiger partial charge in [0, 0.05) is 18.9 Å². The maximum Gasteiger partial charge on any atom is 0.316 e. The van der Waals surface area contributed by atoms with Crippen molar-refractivity contribution in [2.75, 3.05) is 6.54 Å². The summed E-state index contributed by atoms with van der Waals surface area (Å²) in [6.07, 6.45) is 6.31. The summed E-state index contributed by atoms with van der Waals surface area (Å²) >= 11 is 0. The molecule has 23 heavy (non-hydrogen) atoms. The Morgan fingerprint density at radius 1 is 1.17 bits per heavy atom. The van der Waals surface area contributed by atoms with Gasteiger partial charge in [0.1, 0.15) is 5.69 Å². The Hall–Kier alpha value is -3.09. The number of amides is 1. The zero-order valence-corrected chi connectivity index (χ0v) is 12.3. The molecule has 0 bridgehead atoms. The van der Waals surface area contributed by atoms with E-state index in [0.29, 0.717) is 12.2 Å². The van der Waals surface area contributed by atoms with E-state index in [1.165, 1.54) is 18.0 Å². The first-order valence-corrected chi connectivity index (χ1v) is 7.25. The minimum Gasteiger partial charge on any atom is -0.348 e. The van der Waals surface area contributed by atoms with E-state index in [0.717, 1.165) is 12.8 Å². The first-order valence-electron chi connectivity index (χ1n) is 7.25. The lowest BCUT2D eigenvalue weighted by Crippen LogP contribution is -2.25. The fourth-order valence-corrected chi connectivity index (χ4v) is 2.05. The Bertz CT molecular complexity index is 758. The average molecular weight is 309 g/mol. The number of hydrogen-bond acceptors (Lipinski definition) is 6. The molecule has 0 aliphatic rings. The molecule has 7 nitrogen and oxygen atoms in total. The second-order valence-corrected chi connectivity index (χ2v) is 4.86. The van der Waals surface area contributed by atoms with Gasteiger partial charge in [0.25, 0.3) is 0 Å². The van der Waals surface area contributed by atoms with Crippen LogP contribution in [0.1, 0.15) is 22.7 Å². The summed E-state index contributed by atoms with van der Waals surface area (Å²) in [6, 6.07) is 10.1. The molecule has 0 aliphatic heterocycles. The molecule has 1 amide bonds. The molecule has 3 rings (SSSR count). The summed E-state index contributed by atoms with van der Waals surface area (Å²) in [7, 11) is 0. The van der Waals surface area contributed by atoms with E-state index in [-0.39, 0.29) is 17.6 Å². The van der Waals surface area contributed by atoms with Crippen molar-refractivity contribution in [2.24, 2.45) is 0 Å². The molecular weight excluding hydrogens is 294 g/mol. The molecule has 0 fully saturated rings. The molecule has 0 aliphatic carbocycles. The van der Waals surface area contributed by atoms with E-state index >= 15 is 0 Å². The second kappa shape index (κ2) is 7.26. The van der Waals surface area contributed by atoms with Crippen LogP contribution < -0.4 is 5.32 Å². The quantitative estimate of drug-likeness (QED) is 0.699. The summed E-state index contributed by atoms with van der Waals surface area (Å²) < 4.78 is 4.96. The molecule has 0 atom stereocenters. The molecule has 0 spiro atoms. The Morgan fingerprint density at radius 2 is 2.04 bits per heavy atom. The summed E-state index contributed by atoms with van der Waals surface area (Å²) in [6.45, 7) is 0.538. The van der Waals surface area contributed by atoms with Gasteiger partial charge in [-0.15, -0.1) is 0 Å². The van der Waals surface area contributed by atoms with Crippen LogP contribution in [-0.2, 0) is 6.42 Å². The van der Waals surface area contributed by atoms with Crippen LogP contribution in [0.3, 0.4) is 0 Å². The number of benzene rings is 1. The molecule has 0 saturated carbocycles. The molecular formula is C16H15N5O2. The predicted octanol–water partition coefficient (Wildman–Crippen LogP) is 1.89. The van der Waals surface area contributed by atoms with Crippen LogP contribution in [0, 0.1) is 0 Å². The maximum atomic E-state index is 12.0. The lowest BCUT2D eigenvalue weighted by molar-refractivity contribution is 0.0909. The second-order valence-electron chi connectivity index (χ2n) is 4.86. The SMILES string of the molecule is O=C(NCCCc1ccccc1)c1nc(-c2cnccn2)no1. The number of nitrogens with zero attached hydrogens (tertiary/aromatic N) is 4. The first kappa shape index (κ1) is 14.8. The third-order valence-corrected chi connectivity index (χ3v) is 3.18. The highest BCUT2D eigenvalue weighted by molar-refractivity contribution is 5.89. The van der Waals surface area contributed by atoms with Gasteiger partial charge in [0.15, 0.2) is 0 Å². The zero-order chi connectivity index (χ0) is 15.9. The largest absolute Gasteiger partial charge is 0.348 e. The standard InChI is InChI=1S/C16H15N5O2/c22-15(19-8-4-7-12-5-2-1-3-6-12)16-20-14(21-23-16)13-11-17-9-10-18-13/h1-3,5-6,9-11H,4,7-8H2,(H,19,22). The van der Waals surface area contributed by atoms with Crippen LogP contribution in [0.25, 0.3) is 11.5 Å². The topological polar surface area (TPSA) is 93.8 Å². The van der Waals surface area contributed by atoms with Gasteiger partial charge in [0.2, 0.25) is 5.82 Å². The number of aryl methyl sites for hydroxylation is 1. The molecule has 0 unspecified atom stereocenters. The Labute approximate surface area is 132 Å². The Kier molecular flexibility index (Phi) is 4.68. The van der Waals surface area contributed by atoms with Crippen molar-refractivity contribution < 1.29 is 9.32 Å². The van der Waals surface area contributed by atoms with Crippen LogP contribution in [0.2, 0.25) is 0 Å². The van der Waals surface area contributed by atoms with Crippen molar-refractivity contribution in [1.82, 2.24) is 25.4 Å². The summed E-state index contributed by atoms with van der Waals surface area (Å²) in [5.41, 5.74) is 1.70. The van der Waals surface area contributed by atoms with E-state index in [4.69, 9.17) is 4.52 Å². The summed E-state index contributed by atoms with van der Waals surface area (Å²) in [4.78, 5) is 24.0. The minimum absolute atomic E-state index is 0.0784. The van der Waals surface area contributed by atoms with Gasteiger partial charge in [-0.25, -0.2) is 4.98 Å². The average Bonchev–Trinajstić information content (AvgIpc) is 3.10. The van der Waals surface area contributed by atoms with Crippen LogP contribution in [0.5, 0.6) is 0 Å². The smallest absolute Gasteiger partial charge is 0.316 e. The molecule has 3 aromatic rings. The number of rotatable bonds is 6. The number of carbonyl (C=O) groups excluding carboxylic acids is 1. The molecule has 2 aromatic heterocycles. The summed E-state index contributed by atoms with van der Waals surface area (Å²) in [5, 5.41) is 6.50. The van der Waals surface area contributed by atoms with Crippen molar-refractivity contribution in [3.63, 3.8) is 0 Å². The molecule has 1 N–H and O–H groups in total. The van der Waals surface area contributed by atoms with Crippen molar-refractivity contribution in [3.05, 3.63) is 60.4 Å². The number of nitrogens with one attached hydrogen (secondary N) is 1. The molecule has 0 radical (unpaired) electrons. The number of aromatic nitrogens is 4. The lowest BCUT2D eigenvalue weighted by atomic mass is 10.1. The molecule has 1 aromatic carbocycles. The van der Waals surface area contributed by atoms with Crippen LogP contribution in [0.4, 0.5) is 0 Å². The summed E-state index contributed by atoms with van der Waals surface area (Å²) in [5.74, 6) is -0.224. The normalized spacial score (nSPS) is 10.4. The Morgan fingerprint density at radius 3 is 2.83 bits per heavy atom. The van der Waals surface area contributed by atoms with Gasteiger partial charge in [-0.2, -0.15) is 4.98 Å². The number of carbonyl (C=O) groups is 1. The highest BCUT2D eigenvalue weighted by Crippen LogP contribution is 2.10. The minimum atomic E-state index is -0.388. The highest BCUT2D eigenvalue weighted by atomic mass is 16.5. The lowest BCUT2D eigenvalue weighted by Gasteiger charge is -2.02. The van der Waals surface area contributed by atoms with Crippen LogP contribution in [-0.4, -0.2) is 32.6 Å². The third kappa shape index (κ3) is 3.97. The van der Waals surface area contributed by atoms with Crippen LogP contribution >= 0.6 is 0 Å². The van der Waals surface area contributed by atoms with Gasteiger partial charge >= 0.3 is 11.8 Å². The van der Waals surface area contributed by atoms with E-state index in [2.05, 4.69) is 37.6 Å². The maximum absolute atomic E-state index is 12.0. The highest BCUT2D eigenvalue weighted by Gasteiger charge is 2.16. The fraction of sp³-hybridized carbons (Fsp3) is 0.188. The molecule has 0 saturated heterocycles. The predicted molar refractivity (Wildman–Crippen MR) is 82.4 cm³/mol. The van der Waals surface area contributed by atoms with E-state index < -0.39 is 0 Å². The van der Waals surface area contributed by atoms with Crippen LogP contribution in [0.15, 0.2) is 53.4 Å². The molecule has 116 valence electrons. The molecule has 2 heterocycles. The molecule has 7 heteroatoms. The van der Waals surface area contributed by atoms with Gasteiger partial charge in [-0.3, -0.25) is 9.78 Å². The van der Waals surface area contributed by atoms with Gasteiger partial charge in [-0.05, 0) is 18.4 Å². The monoisotopic (exact) mass is 309 g/mol.